The Labute approximate surface area is 149 Å². The maximum atomic E-state index is 12.4. The summed E-state index contributed by atoms with van der Waals surface area (Å²) < 4.78 is 0. The normalized spacial score (nSPS) is 14.3. The van der Waals surface area contributed by atoms with E-state index in [1.54, 1.807) is 13.8 Å². The third-order valence-corrected chi connectivity index (χ3v) is 3.57. The van der Waals surface area contributed by atoms with Crippen LogP contribution in [0.4, 0.5) is 0 Å². The fraction of sp³-hybridized carbons (Fsp3) is 0.533. The molecule has 0 radical (unpaired) electrons. The maximum absolute atomic E-state index is 12.4. The molecule has 2 amide bonds. The average Bonchev–Trinajstić information content (AvgIpc) is 3.03. The molecule has 0 aromatic carbocycles. The van der Waals surface area contributed by atoms with Gasteiger partial charge in [-0.15, -0.1) is 0 Å². The Morgan fingerprint density at radius 1 is 1.19 bits per heavy atom. The zero-order valence-electron chi connectivity index (χ0n) is 14.4. The van der Waals surface area contributed by atoms with Crippen molar-refractivity contribution in [2.45, 2.75) is 44.8 Å². The first-order valence-electron chi connectivity index (χ1n) is 7.90. The second-order valence-electron chi connectivity index (χ2n) is 6.12. The van der Waals surface area contributed by atoms with E-state index in [1.165, 1.54) is 12.5 Å². The Kier molecular flexibility index (Phi) is 7.72. The number of carbonyl (C=O) groups excluding carboxylic acids is 2. The van der Waals surface area contributed by atoms with Gasteiger partial charge in [0, 0.05) is 18.3 Å². The number of H-pyrrole nitrogens is 1. The van der Waals surface area contributed by atoms with Crippen molar-refractivity contribution in [1.29, 1.82) is 0 Å². The quantitative estimate of drug-likeness (QED) is 0.286. The third kappa shape index (κ3) is 6.51. The molecule has 0 bridgehead atoms. The average molecular weight is 369 g/mol. The van der Waals surface area contributed by atoms with Gasteiger partial charge in [0.25, 0.3) is 0 Å². The number of aromatic amines is 1. The second-order valence-corrected chi connectivity index (χ2v) is 6.12. The molecule has 26 heavy (non-hydrogen) atoms. The smallest absolute Gasteiger partial charge is 0.326 e. The van der Waals surface area contributed by atoms with Crippen LogP contribution in [0, 0.1) is 5.92 Å². The van der Waals surface area contributed by atoms with Crippen molar-refractivity contribution >= 4 is 23.8 Å². The predicted octanol–water partition coefficient (Wildman–Crippen LogP) is -1.54. The van der Waals surface area contributed by atoms with Crippen LogP contribution >= 0.6 is 0 Å². The molecule has 3 unspecified atom stereocenters. The van der Waals surface area contributed by atoms with E-state index in [9.17, 15) is 24.3 Å². The van der Waals surface area contributed by atoms with Crippen LogP contribution in [0.3, 0.4) is 0 Å². The van der Waals surface area contributed by atoms with Crippen LogP contribution < -0.4 is 16.4 Å². The van der Waals surface area contributed by atoms with E-state index in [0.29, 0.717) is 5.69 Å². The number of carboxylic acid groups (broad SMARTS) is 2. The first-order chi connectivity index (χ1) is 12.1. The van der Waals surface area contributed by atoms with Gasteiger partial charge >= 0.3 is 11.9 Å². The van der Waals surface area contributed by atoms with Crippen LogP contribution in [0.5, 0.6) is 0 Å². The van der Waals surface area contributed by atoms with Gasteiger partial charge < -0.3 is 31.6 Å². The standard InChI is InChI=1S/C15H23N5O6/c1-7(2)12(20-13(23)9(16)4-11(21)22)14(24)19-10(15(25)26)3-8-5-17-6-18-8/h5-7,9-10,12H,3-4,16H2,1-2H3,(H,17,18)(H,19,24)(H,20,23)(H,21,22)(H,25,26). The molecule has 1 heterocycles. The fourth-order valence-electron chi connectivity index (χ4n) is 2.15. The van der Waals surface area contributed by atoms with E-state index in [4.69, 9.17) is 10.8 Å². The molecule has 0 spiro atoms. The van der Waals surface area contributed by atoms with Crippen LogP contribution in [-0.4, -0.2) is 62.1 Å². The number of aliphatic carboxylic acids is 2. The number of rotatable bonds is 10. The van der Waals surface area contributed by atoms with Gasteiger partial charge in [0.05, 0.1) is 18.8 Å². The summed E-state index contributed by atoms with van der Waals surface area (Å²) in [5, 5.41) is 22.7. The van der Waals surface area contributed by atoms with Gasteiger partial charge in [-0.05, 0) is 5.92 Å². The monoisotopic (exact) mass is 369 g/mol. The lowest BCUT2D eigenvalue weighted by Crippen LogP contribution is -2.56. The Morgan fingerprint density at radius 2 is 1.85 bits per heavy atom. The minimum Gasteiger partial charge on any atom is -0.481 e. The van der Waals surface area contributed by atoms with E-state index in [-0.39, 0.29) is 12.3 Å². The summed E-state index contributed by atoms with van der Waals surface area (Å²) in [4.78, 5) is 52.9. The summed E-state index contributed by atoms with van der Waals surface area (Å²) in [7, 11) is 0. The molecule has 3 atom stereocenters. The number of carbonyl (C=O) groups is 4. The van der Waals surface area contributed by atoms with Crippen molar-refractivity contribution in [3.63, 3.8) is 0 Å². The molecule has 0 saturated heterocycles. The molecule has 0 aliphatic heterocycles. The minimum absolute atomic E-state index is 0.0155. The lowest BCUT2D eigenvalue weighted by molar-refractivity contribution is -0.143. The maximum Gasteiger partial charge on any atom is 0.326 e. The van der Waals surface area contributed by atoms with Crippen LogP contribution in [0.2, 0.25) is 0 Å². The predicted molar refractivity (Wildman–Crippen MR) is 88.9 cm³/mol. The van der Waals surface area contributed by atoms with Gasteiger partial charge in [-0.2, -0.15) is 0 Å². The highest BCUT2D eigenvalue weighted by Crippen LogP contribution is 2.06. The van der Waals surface area contributed by atoms with Gasteiger partial charge in [-0.25, -0.2) is 9.78 Å². The topological polar surface area (TPSA) is 188 Å². The molecule has 0 aliphatic carbocycles. The zero-order chi connectivity index (χ0) is 19.9. The van der Waals surface area contributed by atoms with Crippen LogP contribution in [-0.2, 0) is 25.6 Å². The number of nitrogens with zero attached hydrogens (tertiary/aromatic N) is 1. The van der Waals surface area contributed by atoms with Gasteiger partial charge in [0.15, 0.2) is 0 Å². The molecule has 144 valence electrons. The molecule has 0 aliphatic rings. The van der Waals surface area contributed by atoms with Crippen molar-refractivity contribution in [3.05, 3.63) is 18.2 Å². The van der Waals surface area contributed by atoms with Crippen molar-refractivity contribution in [3.8, 4) is 0 Å². The number of imidazole rings is 1. The fourth-order valence-corrected chi connectivity index (χ4v) is 2.15. The molecule has 11 heteroatoms. The summed E-state index contributed by atoms with van der Waals surface area (Å²) in [5.74, 6) is -4.38. The van der Waals surface area contributed by atoms with Crippen LogP contribution in [0.15, 0.2) is 12.5 Å². The highest BCUT2D eigenvalue weighted by Gasteiger charge is 2.30. The van der Waals surface area contributed by atoms with Gasteiger partial charge in [-0.1, -0.05) is 13.8 Å². The molecule has 0 fully saturated rings. The summed E-state index contributed by atoms with van der Waals surface area (Å²) in [6, 6.07) is -3.61. The first kappa shape index (κ1) is 21.1. The molecule has 11 nitrogen and oxygen atoms in total. The molecule has 7 N–H and O–H groups in total. The van der Waals surface area contributed by atoms with Crippen LogP contribution in [0.25, 0.3) is 0 Å². The van der Waals surface area contributed by atoms with Crippen molar-refractivity contribution in [2.24, 2.45) is 11.7 Å². The molecular formula is C15H23N5O6. The molecule has 0 saturated carbocycles. The van der Waals surface area contributed by atoms with E-state index in [0.717, 1.165) is 0 Å². The molecule has 1 rings (SSSR count). The zero-order valence-corrected chi connectivity index (χ0v) is 14.4. The van der Waals surface area contributed by atoms with Gasteiger partial charge in [-0.3, -0.25) is 14.4 Å². The van der Waals surface area contributed by atoms with Crippen molar-refractivity contribution in [2.75, 3.05) is 0 Å². The largest absolute Gasteiger partial charge is 0.481 e. The second kappa shape index (κ2) is 9.51. The lowest BCUT2D eigenvalue weighted by atomic mass is 10.0. The summed E-state index contributed by atoms with van der Waals surface area (Å²) >= 11 is 0. The number of carboxylic acids is 2. The van der Waals surface area contributed by atoms with Crippen molar-refractivity contribution in [1.82, 2.24) is 20.6 Å². The highest BCUT2D eigenvalue weighted by molar-refractivity contribution is 5.93. The minimum atomic E-state index is -1.32. The number of aromatic nitrogens is 2. The highest BCUT2D eigenvalue weighted by atomic mass is 16.4. The van der Waals surface area contributed by atoms with Gasteiger partial charge in [0.1, 0.15) is 12.1 Å². The lowest BCUT2D eigenvalue weighted by Gasteiger charge is -2.25. The molecule has 1 aromatic heterocycles. The first-order valence-corrected chi connectivity index (χ1v) is 7.90. The van der Waals surface area contributed by atoms with E-state index in [2.05, 4.69) is 20.6 Å². The van der Waals surface area contributed by atoms with Crippen LogP contribution in [0.1, 0.15) is 26.0 Å². The Bertz CT molecular complexity index is 645. The Hall–Kier alpha value is -2.95. The van der Waals surface area contributed by atoms with Gasteiger partial charge in [0.2, 0.25) is 11.8 Å². The Balaban J connectivity index is 2.78. The number of nitrogens with one attached hydrogen (secondary N) is 3. The number of hydrogen-bond donors (Lipinski definition) is 6. The number of hydrogen-bond acceptors (Lipinski definition) is 6. The Morgan fingerprint density at radius 3 is 2.31 bits per heavy atom. The SMILES string of the molecule is CC(C)C(NC(=O)C(N)CC(=O)O)C(=O)NC(Cc1cnc[nH]1)C(=O)O. The summed E-state index contributed by atoms with van der Waals surface area (Å²) in [6.07, 6.45) is 2.22. The third-order valence-electron chi connectivity index (χ3n) is 3.57. The number of nitrogens with two attached hydrogens (primary N) is 1. The summed E-state index contributed by atoms with van der Waals surface area (Å²) in [6.45, 7) is 3.30. The van der Waals surface area contributed by atoms with E-state index in [1.807, 2.05) is 0 Å². The van der Waals surface area contributed by atoms with Crippen molar-refractivity contribution < 1.29 is 29.4 Å². The molecule has 1 aromatic rings. The van der Waals surface area contributed by atoms with E-state index >= 15 is 0 Å². The van der Waals surface area contributed by atoms with E-state index < -0.39 is 48.3 Å². The molecular weight excluding hydrogens is 346 g/mol. The summed E-state index contributed by atoms with van der Waals surface area (Å²) in [5.41, 5.74) is 6.00. The number of amides is 2.